The van der Waals surface area contributed by atoms with Crippen LogP contribution >= 0.6 is 0 Å². The summed E-state index contributed by atoms with van der Waals surface area (Å²) in [6.45, 7) is 8.75. The molecular weight excluding hydrogens is 318 g/mol. The molecule has 0 aromatic carbocycles. The smallest absolute Gasteiger partial charge is 0.257 e. The molecule has 0 aliphatic carbocycles. The van der Waals surface area contributed by atoms with Gasteiger partial charge in [-0.2, -0.15) is 5.10 Å². The van der Waals surface area contributed by atoms with Crippen molar-refractivity contribution in [2.24, 2.45) is 5.92 Å². The second kappa shape index (κ2) is 7.56. The topological polar surface area (TPSA) is 61.7 Å². The fourth-order valence-corrected chi connectivity index (χ4v) is 3.56. The van der Waals surface area contributed by atoms with Gasteiger partial charge in [-0.05, 0) is 33.7 Å². The molecule has 1 aromatic rings. The Kier molecular flexibility index (Phi) is 5.42. The number of likely N-dealkylation sites (tertiary alicyclic amines) is 1. The molecule has 2 amide bonds. The molecule has 0 saturated carbocycles. The van der Waals surface area contributed by atoms with E-state index in [0.717, 1.165) is 45.6 Å². The highest BCUT2D eigenvalue weighted by Crippen LogP contribution is 2.21. The number of hydrogen-bond donors (Lipinski definition) is 0. The van der Waals surface area contributed by atoms with Crippen molar-refractivity contribution in [2.75, 3.05) is 46.3 Å². The number of hydrogen-bond acceptors (Lipinski definition) is 4. The Morgan fingerprint density at radius 3 is 2.48 bits per heavy atom. The van der Waals surface area contributed by atoms with Gasteiger partial charge in [0.05, 0.1) is 17.7 Å². The number of nitrogens with zero attached hydrogens (tertiary/aromatic N) is 5. The van der Waals surface area contributed by atoms with Crippen LogP contribution in [0.5, 0.6) is 0 Å². The molecule has 1 aromatic heterocycles. The van der Waals surface area contributed by atoms with E-state index in [1.54, 1.807) is 17.1 Å². The van der Waals surface area contributed by atoms with E-state index in [0.29, 0.717) is 12.1 Å². The van der Waals surface area contributed by atoms with Crippen molar-refractivity contribution in [1.82, 2.24) is 24.5 Å². The first kappa shape index (κ1) is 17.9. The average molecular weight is 347 g/mol. The van der Waals surface area contributed by atoms with Crippen LogP contribution in [0.3, 0.4) is 0 Å². The molecule has 0 unspecified atom stereocenters. The minimum Gasteiger partial charge on any atom is -0.340 e. The zero-order chi connectivity index (χ0) is 18.0. The molecular formula is C18H29N5O2. The number of piperazine rings is 1. The summed E-state index contributed by atoms with van der Waals surface area (Å²) in [7, 11) is 2.08. The fourth-order valence-electron chi connectivity index (χ4n) is 3.56. The number of carbonyl (C=O) groups is 2. The number of amides is 2. The van der Waals surface area contributed by atoms with Gasteiger partial charge in [0, 0.05) is 51.5 Å². The van der Waals surface area contributed by atoms with Crippen LogP contribution in [0.4, 0.5) is 0 Å². The molecule has 0 bridgehead atoms. The Bertz CT molecular complexity index is 619. The van der Waals surface area contributed by atoms with Gasteiger partial charge in [0.15, 0.2) is 0 Å². The monoisotopic (exact) mass is 347 g/mol. The van der Waals surface area contributed by atoms with Crippen LogP contribution in [0.1, 0.15) is 43.1 Å². The van der Waals surface area contributed by atoms with Gasteiger partial charge in [0.25, 0.3) is 5.91 Å². The second-order valence-corrected chi connectivity index (χ2v) is 7.52. The summed E-state index contributed by atoms with van der Waals surface area (Å²) < 4.78 is 1.80. The van der Waals surface area contributed by atoms with Gasteiger partial charge in [-0.3, -0.25) is 14.3 Å². The van der Waals surface area contributed by atoms with E-state index >= 15 is 0 Å². The average Bonchev–Trinajstić information content (AvgIpc) is 3.12. The zero-order valence-corrected chi connectivity index (χ0v) is 15.5. The Balaban J connectivity index is 1.62. The highest BCUT2D eigenvalue weighted by atomic mass is 16.2. The molecule has 138 valence electrons. The maximum atomic E-state index is 12.8. The molecule has 7 nitrogen and oxygen atoms in total. The van der Waals surface area contributed by atoms with Gasteiger partial charge in [0.1, 0.15) is 0 Å². The Morgan fingerprint density at radius 2 is 1.84 bits per heavy atom. The molecule has 3 heterocycles. The fraction of sp³-hybridized carbons (Fsp3) is 0.722. The van der Waals surface area contributed by atoms with E-state index in [4.69, 9.17) is 0 Å². The van der Waals surface area contributed by atoms with Gasteiger partial charge >= 0.3 is 0 Å². The third-order valence-electron chi connectivity index (χ3n) is 5.25. The molecule has 2 fully saturated rings. The standard InChI is InChI=1S/C18H29N5O2/c1-14(2)23-13-16(11-19-23)18(25)22-6-4-5-15(12-22)17(24)21-9-7-20(3)8-10-21/h11,13-15H,4-10,12H2,1-3H3/t15-/m1/s1. The highest BCUT2D eigenvalue weighted by Gasteiger charge is 2.32. The van der Waals surface area contributed by atoms with Gasteiger partial charge < -0.3 is 14.7 Å². The first-order valence-electron chi connectivity index (χ1n) is 9.26. The quantitative estimate of drug-likeness (QED) is 0.821. The summed E-state index contributed by atoms with van der Waals surface area (Å²) >= 11 is 0. The number of aromatic nitrogens is 2. The highest BCUT2D eigenvalue weighted by molar-refractivity contribution is 5.94. The van der Waals surface area contributed by atoms with Crippen LogP contribution in [0.2, 0.25) is 0 Å². The zero-order valence-electron chi connectivity index (χ0n) is 15.5. The normalized spacial score (nSPS) is 22.5. The van der Waals surface area contributed by atoms with Crippen molar-refractivity contribution < 1.29 is 9.59 Å². The lowest BCUT2D eigenvalue weighted by atomic mass is 9.95. The van der Waals surface area contributed by atoms with Crippen LogP contribution in [-0.4, -0.2) is 82.6 Å². The molecule has 2 aliphatic rings. The molecule has 2 saturated heterocycles. The van der Waals surface area contributed by atoms with Crippen LogP contribution in [0.25, 0.3) is 0 Å². The Labute approximate surface area is 149 Å². The van der Waals surface area contributed by atoms with E-state index in [1.807, 2.05) is 23.6 Å². The minimum atomic E-state index is -0.0683. The summed E-state index contributed by atoms with van der Waals surface area (Å²) in [5.41, 5.74) is 0.612. The predicted octanol–water partition coefficient (Wildman–Crippen LogP) is 1.09. The SMILES string of the molecule is CC(C)n1cc(C(=O)N2CCC[C@@H](C(=O)N3CCN(C)CC3)C2)cn1. The maximum Gasteiger partial charge on any atom is 0.257 e. The third-order valence-corrected chi connectivity index (χ3v) is 5.25. The van der Waals surface area contributed by atoms with Crippen LogP contribution in [0.15, 0.2) is 12.4 Å². The lowest BCUT2D eigenvalue weighted by Gasteiger charge is -2.38. The summed E-state index contributed by atoms with van der Waals surface area (Å²) in [5.74, 6) is 0.132. The van der Waals surface area contributed by atoms with Crippen molar-refractivity contribution in [2.45, 2.75) is 32.7 Å². The van der Waals surface area contributed by atoms with Crippen LogP contribution in [-0.2, 0) is 4.79 Å². The molecule has 0 radical (unpaired) electrons. The summed E-state index contributed by atoms with van der Waals surface area (Å²) in [5, 5.41) is 4.26. The van der Waals surface area contributed by atoms with E-state index in [2.05, 4.69) is 17.0 Å². The number of piperidine rings is 1. The largest absolute Gasteiger partial charge is 0.340 e. The van der Waals surface area contributed by atoms with Crippen molar-refractivity contribution in [1.29, 1.82) is 0 Å². The van der Waals surface area contributed by atoms with Crippen LogP contribution in [0, 0.1) is 5.92 Å². The lowest BCUT2D eigenvalue weighted by molar-refractivity contribution is -0.138. The van der Waals surface area contributed by atoms with Crippen molar-refractivity contribution in [3.05, 3.63) is 18.0 Å². The van der Waals surface area contributed by atoms with E-state index in [9.17, 15) is 9.59 Å². The number of carbonyl (C=O) groups excluding carboxylic acids is 2. The van der Waals surface area contributed by atoms with Gasteiger partial charge in [0.2, 0.25) is 5.91 Å². The molecule has 2 aliphatic heterocycles. The summed E-state index contributed by atoms with van der Waals surface area (Å²) in [4.78, 5) is 31.6. The van der Waals surface area contributed by atoms with Gasteiger partial charge in [-0.25, -0.2) is 0 Å². The molecule has 1 atom stereocenters. The number of likely N-dealkylation sites (N-methyl/N-ethyl adjacent to an activating group) is 1. The third kappa shape index (κ3) is 4.03. The van der Waals surface area contributed by atoms with E-state index in [1.165, 1.54) is 0 Å². The Morgan fingerprint density at radius 1 is 1.12 bits per heavy atom. The predicted molar refractivity (Wildman–Crippen MR) is 95.3 cm³/mol. The number of rotatable bonds is 3. The first-order valence-corrected chi connectivity index (χ1v) is 9.26. The Hall–Kier alpha value is -1.89. The molecule has 0 spiro atoms. The van der Waals surface area contributed by atoms with Crippen molar-refractivity contribution >= 4 is 11.8 Å². The van der Waals surface area contributed by atoms with Crippen LogP contribution < -0.4 is 0 Å². The van der Waals surface area contributed by atoms with Gasteiger partial charge in [-0.1, -0.05) is 0 Å². The summed E-state index contributed by atoms with van der Waals surface area (Å²) in [6, 6.07) is 0.231. The maximum absolute atomic E-state index is 12.8. The molecule has 0 N–H and O–H groups in total. The molecule has 25 heavy (non-hydrogen) atoms. The lowest BCUT2D eigenvalue weighted by Crippen LogP contribution is -2.52. The second-order valence-electron chi connectivity index (χ2n) is 7.52. The molecule has 3 rings (SSSR count). The summed E-state index contributed by atoms with van der Waals surface area (Å²) in [6.07, 6.45) is 5.20. The van der Waals surface area contributed by atoms with E-state index < -0.39 is 0 Å². The van der Waals surface area contributed by atoms with Crippen molar-refractivity contribution in [3.63, 3.8) is 0 Å². The van der Waals surface area contributed by atoms with Gasteiger partial charge in [-0.15, -0.1) is 0 Å². The van der Waals surface area contributed by atoms with E-state index in [-0.39, 0.29) is 23.8 Å². The molecule has 7 heteroatoms. The minimum absolute atomic E-state index is 0.0113. The van der Waals surface area contributed by atoms with Crippen molar-refractivity contribution in [3.8, 4) is 0 Å². The first-order chi connectivity index (χ1) is 12.0.